The van der Waals surface area contributed by atoms with Crippen LogP contribution in [0.2, 0.25) is 0 Å². The molecule has 0 aliphatic carbocycles. The van der Waals surface area contributed by atoms with E-state index in [1.54, 1.807) is 17.7 Å². The van der Waals surface area contributed by atoms with Gasteiger partial charge in [0.15, 0.2) is 18.0 Å². The van der Waals surface area contributed by atoms with Gasteiger partial charge in [-0.1, -0.05) is 24.3 Å². The average Bonchev–Trinajstić information content (AvgIpc) is 3.51. The molecular formula is C26H18FN3O3S. The zero-order valence-corrected chi connectivity index (χ0v) is 18.9. The summed E-state index contributed by atoms with van der Waals surface area (Å²) in [7, 11) is 0. The lowest BCUT2D eigenvalue weighted by atomic mass is 10.1. The Morgan fingerprint density at radius 3 is 2.50 bits per heavy atom. The maximum absolute atomic E-state index is 13.2. The second kappa shape index (κ2) is 8.99. The summed E-state index contributed by atoms with van der Waals surface area (Å²) in [6, 6.07) is 20.1. The number of ether oxygens (including phenoxy) is 1. The first-order valence-corrected chi connectivity index (χ1v) is 11.3. The van der Waals surface area contributed by atoms with Crippen molar-refractivity contribution in [2.24, 2.45) is 0 Å². The van der Waals surface area contributed by atoms with Crippen molar-refractivity contribution >= 4 is 34.1 Å². The largest absolute Gasteiger partial charge is 0.454 e. The lowest BCUT2D eigenvalue weighted by Crippen LogP contribution is -2.15. The molecule has 168 valence electrons. The molecule has 5 rings (SSSR count). The van der Waals surface area contributed by atoms with Gasteiger partial charge in [-0.3, -0.25) is 4.79 Å². The van der Waals surface area contributed by atoms with Gasteiger partial charge in [0.25, 0.3) is 0 Å². The molecule has 2 aromatic carbocycles. The Labute approximate surface area is 198 Å². The molecule has 0 aliphatic heterocycles. The molecule has 0 saturated carbocycles. The van der Waals surface area contributed by atoms with E-state index in [1.165, 1.54) is 35.6 Å². The third-order valence-electron chi connectivity index (χ3n) is 5.31. The Morgan fingerprint density at radius 2 is 1.79 bits per heavy atom. The topological polar surface area (TPSA) is 74.1 Å². The quantitative estimate of drug-likeness (QED) is 0.237. The third kappa shape index (κ3) is 4.11. The predicted molar refractivity (Wildman–Crippen MR) is 128 cm³/mol. The van der Waals surface area contributed by atoms with Crippen LogP contribution in [0.5, 0.6) is 0 Å². The number of aryl methyl sites for hydroxylation is 1. The molecule has 0 aliphatic rings. The van der Waals surface area contributed by atoms with Crippen LogP contribution in [0, 0.1) is 12.7 Å². The number of rotatable bonds is 6. The van der Waals surface area contributed by atoms with Gasteiger partial charge in [0.2, 0.25) is 0 Å². The first-order valence-electron chi connectivity index (χ1n) is 10.5. The number of ketones is 1. The van der Waals surface area contributed by atoms with Crippen LogP contribution in [0.1, 0.15) is 26.4 Å². The number of carbonyl (C=O) groups is 2. The summed E-state index contributed by atoms with van der Waals surface area (Å²) in [4.78, 5) is 31.3. The Hall–Kier alpha value is -4.17. The monoisotopic (exact) mass is 471 g/mol. The molecule has 3 aromatic heterocycles. The van der Waals surface area contributed by atoms with E-state index in [4.69, 9.17) is 9.72 Å². The number of para-hydroxylation sites is 1. The van der Waals surface area contributed by atoms with E-state index in [9.17, 15) is 14.0 Å². The molecule has 0 unspecified atom stereocenters. The fourth-order valence-corrected chi connectivity index (χ4v) is 4.36. The van der Waals surface area contributed by atoms with Crippen molar-refractivity contribution in [3.8, 4) is 16.3 Å². The van der Waals surface area contributed by atoms with Crippen LogP contribution in [0.4, 0.5) is 4.39 Å². The number of carbonyl (C=O) groups excluding carboxylic acids is 2. The van der Waals surface area contributed by atoms with E-state index in [2.05, 4.69) is 5.10 Å². The first kappa shape index (κ1) is 21.7. The van der Waals surface area contributed by atoms with Crippen LogP contribution in [-0.2, 0) is 4.74 Å². The van der Waals surface area contributed by atoms with Gasteiger partial charge < -0.3 is 4.74 Å². The van der Waals surface area contributed by atoms with Crippen molar-refractivity contribution in [1.29, 1.82) is 0 Å². The molecular weight excluding hydrogens is 453 g/mol. The fraction of sp³-hybridized carbons (Fsp3) is 0.0769. The smallest absolute Gasteiger partial charge is 0.339 e. The number of hydrogen-bond donors (Lipinski definition) is 0. The predicted octanol–water partition coefficient (Wildman–Crippen LogP) is 5.64. The van der Waals surface area contributed by atoms with Crippen molar-refractivity contribution in [1.82, 2.24) is 14.8 Å². The van der Waals surface area contributed by atoms with Gasteiger partial charge >= 0.3 is 5.97 Å². The Balaban J connectivity index is 1.55. The molecule has 5 aromatic rings. The SMILES string of the molecule is Cc1nn(-c2ccccc2)c2nc(-c3cccs3)cc(C(=O)OCC(=O)c3ccc(F)cc3)c12. The molecule has 0 spiro atoms. The molecule has 0 fully saturated rings. The summed E-state index contributed by atoms with van der Waals surface area (Å²) in [6.07, 6.45) is 0. The molecule has 0 amide bonds. The number of thiophene rings is 1. The Morgan fingerprint density at radius 1 is 1.03 bits per heavy atom. The fourth-order valence-electron chi connectivity index (χ4n) is 3.68. The number of esters is 1. The van der Waals surface area contributed by atoms with E-state index in [-0.39, 0.29) is 11.1 Å². The summed E-state index contributed by atoms with van der Waals surface area (Å²) in [5, 5.41) is 7.11. The summed E-state index contributed by atoms with van der Waals surface area (Å²) in [5.41, 5.74) is 3.09. The van der Waals surface area contributed by atoms with Crippen LogP contribution in [0.3, 0.4) is 0 Å². The summed E-state index contributed by atoms with van der Waals surface area (Å²) < 4.78 is 20.2. The third-order valence-corrected chi connectivity index (χ3v) is 6.20. The first-order chi connectivity index (χ1) is 16.5. The van der Waals surface area contributed by atoms with Crippen molar-refractivity contribution in [3.05, 3.63) is 101 Å². The molecule has 0 N–H and O–H groups in total. The number of hydrogen-bond acceptors (Lipinski definition) is 6. The van der Waals surface area contributed by atoms with Crippen LogP contribution < -0.4 is 0 Å². The second-order valence-corrected chi connectivity index (χ2v) is 8.52. The van der Waals surface area contributed by atoms with Crippen molar-refractivity contribution < 1.29 is 18.7 Å². The van der Waals surface area contributed by atoms with E-state index in [0.717, 1.165) is 10.6 Å². The highest BCUT2D eigenvalue weighted by atomic mass is 32.1. The van der Waals surface area contributed by atoms with Gasteiger partial charge in [-0.05, 0) is 60.8 Å². The highest BCUT2D eigenvalue weighted by molar-refractivity contribution is 7.13. The number of Topliss-reactive ketones (excluding diaryl/α,β-unsaturated/α-hetero) is 1. The maximum atomic E-state index is 13.2. The number of pyridine rings is 1. The summed E-state index contributed by atoms with van der Waals surface area (Å²) in [5.74, 6) is -1.52. The molecule has 3 heterocycles. The van der Waals surface area contributed by atoms with Crippen LogP contribution >= 0.6 is 11.3 Å². The van der Waals surface area contributed by atoms with E-state index in [0.29, 0.717) is 22.4 Å². The molecule has 6 nitrogen and oxygen atoms in total. The minimum absolute atomic E-state index is 0.265. The molecule has 0 radical (unpaired) electrons. The van der Waals surface area contributed by atoms with Gasteiger partial charge in [0, 0.05) is 5.56 Å². The summed E-state index contributed by atoms with van der Waals surface area (Å²) in [6.45, 7) is 1.34. The van der Waals surface area contributed by atoms with Gasteiger partial charge in [-0.15, -0.1) is 11.3 Å². The van der Waals surface area contributed by atoms with E-state index in [1.807, 2.05) is 47.8 Å². The van der Waals surface area contributed by atoms with Crippen molar-refractivity contribution in [3.63, 3.8) is 0 Å². The van der Waals surface area contributed by atoms with Gasteiger partial charge in [0.05, 0.1) is 32.9 Å². The molecule has 0 saturated heterocycles. The number of fused-ring (bicyclic) bond motifs is 1. The van der Waals surface area contributed by atoms with Gasteiger partial charge in [-0.25, -0.2) is 18.9 Å². The van der Waals surface area contributed by atoms with Gasteiger partial charge in [-0.2, -0.15) is 5.10 Å². The zero-order chi connectivity index (χ0) is 23.7. The number of benzene rings is 2. The molecule has 34 heavy (non-hydrogen) atoms. The molecule has 8 heteroatoms. The Kier molecular flexibility index (Phi) is 5.73. The summed E-state index contributed by atoms with van der Waals surface area (Å²) >= 11 is 1.50. The molecule has 0 atom stereocenters. The Bertz CT molecular complexity index is 1490. The minimum Gasteiger partial charge on any atom is -0.454 e. The minimum atomic E-state index is -0.656. The van der Waals surface area contributed by atoms with Gasteiger partial charge in [0.1, 0.15) is 5.82 Å². The second-order valence-electron chi connectivity index (χ2n) is 7.57. The standard InChI is InChI=1S/C26H18FN3O3S/c1-16-24-20(26(32)33-15-22(31)17-9-11-18(27)12-10-17)14-21(23-8-5-13-34-23)28-25(24)30(29-16)19-6-3-2-4-7-19/h2-14H,15H2,1H3. The van der Waals surface area contributed by atoms with E-state index >= 15 is 0 Å². The van der Waals surface area contributed by atoms with Crippen molar-refractivity contribution in [2.45, 2.75) is 6.92 Å². The maximum Gasteiger partial charge on any atom is 0.339 e. The average molecular weight is 472 g/mol. The number of halogens is 1. The number of aromatic nitrogens is 3. The lowest BCUT2D eigenvalue weighted by Gasteiger charge is -2.09. The van der Waals surface area contributed by atoms with E-state index < -0.39 is 24.2 Å². The molecule has 0 bridgehead atoms. The normalized spacial score (nSPS) is 11.0. The zero-order valence-electron chi connectivity index (χ0n) is 18.1. The lowest BCUT2D eigenvalue weighted by molar-refractivity contribution is 0.0476. The van der Waals surface area contributed by atoms with Crippen LogP contribution in [0.25, 0.3) is 27.3 Å². The highest BCUT2D eigenvalue weighted by Gasteiger charge is 2.23. The van der Waals surface area contributed by atoms with Crippen LogP contribution in [-0.4, -0.2) is 33.1 Å². The highest BCUT2D eigenvalue weighted by Crippen LogP contribution is 2.31. The van der Waals surface area contributed by atoms with Crippen LogP contribution in [0.15, 0.2) is 78.2 Å². The van der Waals surface area contributed by atoms with Crippen molar-refractivity contribution in [2.75, 3.05) is 6.61 Å². The number of nitrogens with zero attached hydrogens (tertiary/aromatic N) is 3.